The highest BCUT2D eigenvalue weighted by Gasteiger charge is 2.37. The molecule has 0 atom stereocenters. The first-order valence-electron chi connectivity index (χ1n) is 15.5. The van der Waals surface area contributed by atoms with E-state index in [0.29, 0.717) is 61.6 Å². The average molecular weight is 721 g/mol. The molecule has 0 unspecified atom stereocenters. The Bertz CT molecular complexity index is 2240. The molecule has 0 spiro atoms. The maximum atomic E-state index is 13.2. The summed E-state index contributed by atoms with van der Waals surface area (Å²) in [6.45, 7) is 2.42. The number of carbonyl (C=O) groups is 3. The summed E-state index contributed by atoms with van der Waals surface area (Å²) in [5.41, 5.74) is 4.44. The van der Waals surface area contributed by atoms with E-state index in [4.69, 9.17) is 27.9 Å². The number of fused-ring (bicyclic) bond motifs is 1. The molecule has 3 amide bonds. The molecule has 0 bridgehead atoms. The molecule has 1 aliphatic heterocycles. The summed E-state index contributed by atoms with van der Waals surface area (Å²) in [6.07, 6.45) is 0. The fourth-order valence-corrected chi connectivity index (χ4v) is 6.69. The van der Waals surface area contributed by atoms with Gasteiger partial charge in [0.15, 0.2) is 11.0 Å². The van der Waals surface area contributed by atoms with E-state index in [2.05, 4.69) is 15.5 Å². The van der Waals surface area contributed by atoms with E-state index in [1.807, 2.05) is 54.0 Å². The van der Waals surface area contributed by atoms with Gasteiger partial charge in [0, 0.05) is 16.3 Å². The third-order valence-corrected chi connectivity index (χ3v) is 9.44. The first-order valence-corrected chi connectivity index (χ1v) is 17.2. The van der Waals surface area contributed by atoms with Crippen molar-refractivity contribution in [3.8, 4) is 22.9 Å². The van der Waals surface area contributed by atoms with Gasteiger partial charge >= 0.3 is 0 Å². The van der Waals surface area contributed by atoms with Gasteiger partial charge in [0.05, 0.1) is 34.1 Å². The Balaban J connectivity index is 0.998. The van der Waals surface area contributed by atoms with Crippen molar-refractivity contribution in [2.24, 2.45) is 0 Å². The molecular formula is C38H27Cl2N5O4S. The number of benzene rings is 5. The van der Waals surface area contributed by atoms with Gasteiger partial charge in [0.2, 0.25) is 5.91 Å². The van der Waals surface area contributed by atoms with Crippen LogP contribution in [0.15, 0.2) is 120 Å². The highest BCUT2D eigenvalue weighted by molar-refractivity contribution is 7.99. The van der Waals surface area contributed by atoms with Crippen molar-refractivity contribution in [1.82, 2.24) is 14.8 Å². The Morgan fingerprint density at radius 3 is 2.22 bits per heavy atom. The van der Waals surface area contributed by atoms with E-state index >= 15 is 0 Å². The van der Waals surface area contributed by atoms with Crippen LogP contribution >= 0.6 is 35.0 Å². The number of anilines is 2. The zero-order valence-electron chi connectivity index (χ0n) is 26.5. The minimum Gasteiger partial charge on any atom is -0.457 e. The van der Waals surface area contributed by atoms with Gasteiger partial charge in [-0.15, -0.1) is 10.2 Å². The lowest BCUT2D eigenvalue weighted by Gasteiger charge is -2.13. The number of imide groups is 1. The van der Waals surface area contributed by atoms with E-state index in [9.17, 15) is 14.4 Å². The number of carbonyl (C=O) groups excluding carboxylic acids is 3. The van der Waals surface area contributed by atoms with Crippen molar-refractivity contribution >= 4 is 64.1 Å². The topological polar surface area (TPSA) is 106 Å². The summed E-state index contributed by atoms with van der Waals surface area (Å²) in [6, 6.07) is 34.0. The standard InChI is InChI=1S/C38H27Cl2N5O4S/c1-23-7-12-27(13-8-23)45-36(47)30-18-16-29(20-32(30)37(45)48)49-28-14-10-26(11-15-28)41-34(46)22-50-38-43-42-35(31-17-9-25(39)19-33(31)40)44(38)21-24-5-3-2-4-6-24/h2-20H,21-22H2,1H3,(H,41,46). The van der Waals surface area contributed by atoms with Gasteiger partial charge in [-0.25, -0.2) is 4.90 Å². The van der Waals surface area contributed by atoms with E-state index in [1.54, 1.807) is 72.8 Å². The number of hydrogen-bond acceptors (Lipinski definition) is 7. The zero-order chi connectivity index (χ0) is 34.8. The molecule has 0 radical (unpaired) electrons. The monoisotopic (exact) mass is 719 g/mol. The average Bonchev–Trinajstić information content (AvgIpc) is 3.61. The number of halogens is 2. The predicted molar refractivity (Wildman–Crippen MR) is 196 cm³/mol. The Hall–Kier alpha value is -5.42. The van der Waals surface area contributed by atoms with Gasteiger partial charge in [-0.3, -0.25) is 19.0 Å². The van der Waals surface area contributed by atoms with E-state index < -0.39 is 5.91 Å². The number of aryl methyl sites for hydroxylation is 1. The molecule has 1 N–H and O–H groups in total. The minimum atomic E-state index is -0.404. The van der Waals surface area contributed by atoms with Crippen LogP contribution in [0.2, 0.25) is 10.0 Å². The fraction of sp³-hybridized carbons (Fsp3) is 0.0789. The lowest BCUT2D eigenvalue weighted by atomic mass is 10.1. The van der Waals surface area contributed by atoms with Gasteiger partial charge in [0.1, 0.15) is 11.5 Å². The highest BCUT2D eigenvalue weighted by Crippen LogP contribution is 2.34. The fourth-order valence-electron chi connectivity index (χ4n) is 5.46. The van der Waals surface area contributed by atoms with Crippen LogP contribution in [0, 0.1) is 6.92 Å². The summed E-state index contributed by atoms with van der Waals surface area (Å²) in [4.78, 5) is 40.3. The van der Waals surface area contributed by atoms with Crippen LogP contribution < -0.4 is 15.0 Å². The first kappa shape index (κ1) is 33.1. The molecule has 50 heavy (non-hydrogen) atoms. The lowest BCUT2D eigenvalue weighted by Crippen LogP contribution is -2.29. The van der Waals surface area contributed by atoms with Crippen molar-refractivity contribution < 1.29 is 19.1 Å². The van der Waals surface area contributed by atoms with Crippen LogP contribution in [0.5, 0.6) is 11.5 Å². The smallest absolute Gasteiger partial charge is 0.266 e. The number of thioether (sulfide) groups is 1. The quantitative estimate of drug-likeness (QED) is 0.111. The molecule has 9 nitrogen and oxygen atoms in total. The molecule has 6 aromatic rings. The third kappa shape index (κ3) is 7.00. The number of rotatable bonds is 10. The maximum absolute atomic E-state index is 13.2. The maximum Gasteiger partial charge on any atom is 0.266 e. The number of amides is 3. The second-order valence-corrected chi connectivity index (χ2v) is 13.2. The molecule has 248 valence electrons. The van der Waals surface area contributed by atoms with Crippen LogP contribution in [0.4, 0.5) is 11.4 Å². The second-order valence-electron chi connectivity index (χ2n) is 11.5. The van der Waals surface area contributed by atoms with Crippen LogP contribution in [0.1, 0.15) is 31.8 Å². The zero-order valence-corrected chi connectivity index (χ0v) is 28.8. The molecule has 0 aliphatic carbocycles. The van der Waals surface area contributed by atoms with Gasteiger partial charge in [-0.2, -0.15) is 0 Å². The molecule has 0 saturated carbocycles. The minimum absolute atomic E-state index is 0.0843. The molecule has 7 rings (SSSR count). The lowest BCUT2D eigenvalue weighted by molar-refractivity contribution is -0.113. The molecular weight excluding hydrogens is 693 g/mol. The van der Waals surface area contributed by atoms with E-state index in [1.165, 1.54) is 16.7 Å². The Morgan fingerprint density at radius 1 is 0.780 bits per heavy atom. The van der Waals surface area contributed by atoms with Crippen molar-refractivity contribution in [1.29, 1.82) is 0 Å². The molecule has 0 fully saturated rings. The van der Waals surface area contributed by atoms with Crippen molar-refractivity contribution in [2.75, 3.05) is 16.0 Å². The second kappa shape index (κ2) is 14.2. The van der Waals surface area contributed by atoms with Crippen molar-refractivity contribution in [3.05, 3.63) is 148 Å². The Kier molecular flexibility index (Phi) is 9.40. The van der Waals surface area contributed by atoms with Gasteiger partial charge in [-0.05, 0) is 85.3 Å². The Labute approximate surface area is 301 Å². The molecule has 2 heterocycles. The van der Waals surface area contributed by atoms with Crippen molar-refractivity contribution in [3.63, 3.8) is 0 Å². The van der Waals surface area contributed by atoms with Gasteiger partial charge in [0.25, 0.3) is 11.8 Å². The van der Waals surface area contributed by atoms with Crippen LogP contribution in [-0.2, 0) is 11.3 Å². The Morgan fingerprint density at radius 2 is 1.48 bits per heavy atom. The predicted octanol–water partition coefficient (Wildman–Crippen LogP) is 8.93. The van der Waals surface area contributed by atoms with Gasteiger partial charge in [-0.1, -0.05) is 83.0 Å². The number of nitrogens with zero attached hydrogens (tertiary/aromatic N) is 4. The number of aromatic nitrogens is 3. The number of ether oxygens (including phenoxy) is 1. The third-order valence-electron chi connectivity index (χ3n) is 7.93. The summed E-state index contributed by atoms with van der Waals surface area (Å²) < 4.78 is 7.92. The molecule has 1 aliphatic rings. The van der Waals surface area contributed by atoms with Gasteiger partial charge < -0.3 is 10.1 Å². The molecule has 1 aromatic heterocycles. The van der Waals surface area contributed by atoms with Crippen LogP contribution in [-0.4, -0.2) is 38.2 Å². The van der Waals surface area contributed by atoms with E-state index in [-0.39, 0.29) is 23.1 Å². The molecule has 5 aromatic carbocycles. The van der Waals surface area contributed by atoms with Crippen molar-refractivity contribution in [2.45, 2.75) is 18.6 Å². The number of nitrogens with one attached hydrogen (secondary N) is 1. The van der Waals surface area contributed by atoms with Crippen LogP contribution in [0.25, 0.3) is 11.4 Å². The molecule has 12 heteroatoms. The molecule has 0 saturated heterocycles. The summed E-state index contributed by atoms with van der Waals surface area (Å²) in [7, 11) is 0. The van der Waals surface area contributed by atoms with E-state index in [0.717, 1.165) is 11.1 Å². The SMILES string of the molecule is Cc1ccc(N2C(=O)c3ccc(Oc4ccc(NC(=O)CSc5nnc(-c6ccc(Cl)cc6Cl)n5Cc5ccccc5)cc4)cc3C2=O)cc1. The summed E-state index contributed by atoms with van der Waals surface area (Å²) in [5, 5.41) is 13.2. The van der Waals surface area contributed by atoms with Crippen LogP contribution in [0.3, 0.4) is 0 Å². The number of hydrogen-bond donors (Lipinski definition) is 1. The highest BCUT2D eigenvalue weighted by atomic mass is 35.5. The largest absolute Gasteiger partial charge is 0.457 e. The summed E-state index contributed by atoms with van der Waals surface area (Å²) in [5.74, 6) is 0.539. The normalized spacial score (nSPS) is 12.3. The first-order chi connectivity index (χ1) is 24.2. The summed E-state index contributed by atoms with van der Waals surface area (Å²) >= 11 is 13.9.